The normalized spacial score (nSPS) is 27.3. The minimum Gasteiger partial charge on any atom is -0.379 e. The minimum atomic E-state index is -0.592. The molecule has 1 aliphatic rings. The number of nitrogens with zero attached hydrogens (tertiary/aromatic N) is 2. The molecule has 1 aromatic rings. The summed E-state index contributed by atoms with van der Waals surface area (Å²) >= 11 is 0. The summed E-state index contributed by atoms with van der Waals surface area (Å²) in [5.74, 6) is -0.0204. The van der Waals surface area contributed by atoms with Gasteiger partial charge in [-0.2, -0.15) is 5.10 Å². The molecule has 1 amide bonds. The van der Waals surface area contributed by atoms with Crippen LogP contribution in [0.25, 0.3) is 0 Å². The second kappa shape index (κ2) is 5.49. The van der Waals surface area contributed by atoms with E-state index in [0.29, 0.717) is 19.8 Å². The van der Waals surface area contributed by atoms with Crippen LogP contribution in [0, 0.1) is 5.41 Å². The van der Waals surface area contributed by atoms with Gasteiger partial charge in [0.05, 0.1) is 18.6 Å². The first kappa shape index (κ1) is 13.0. The van der Waals surface area contributed by atoms with Crippen molar-refractivity contribution >= 4 is 5.91 Å². The molecule has 2 atom stereocenters. The van der Waals surface area contributed by atoms with E-state index in [0.717, 1.165) is 13.0 Å². The quantitative estimate of drug-likeness (QED) is 0.708. The van der Waals surface area contributed by atoms with Gasteiger partial charge in [0.2, 0.25) is 5.91 Å². The summed E-state index contributed by atoms with van der Waals surface area (Å²) in [6.07, 6.45) is 4.50. The van der Waals surface area contributed by atoms with Crippen LogP contribution in [0.2, 0.25) is 0 Å². The molecule has 3 N–H and O–H groups in total. The van der Waals surface area contributed by atoms with Crippen LogP contribution in [0.1, 0.15) is 13.3 Å². The molecule has 0 aromatic carbocycles. The molecule has 1 fully saturated rings. The van der Waals surface area contributed by atoms with Crippen LogP contribution in [-0.4, -0.2) is 41.5 Å². The second-order valence-electron chi connectivity index (χ2n) is 4.92. The number of nitrogens with two attached hydrogens (primary N) is 1. The smallest absolute Gasteiger partial charge is 0.229 e. The average molecular weight is 252 g/mol. The highest BCUT2D eigenvalue weighted by Crippen LogP contribution is 2.26. The maximum absolute atomic E-state index is 12.0. The Labute approximate surface area is 106 Å². The Morgan fingerprint density at radius 3 is 3.17 bits per heavy atom. The highest BCUT2D eigenvalue weighted by Gasteiger charge is 2.44. The van der Waals surface area contributed by atoms with Crippen molar-refractivity contribution in [3.05, 3.63) is 18.5 Å². The van der Waals surface area contributed by atoms with Gasteiger partial charge in [-0.15, -0.1) is 0 Å². The lowest BCUT2D eigenvalue weighted by atomic mass is 9.85. The summed E-state index contributed by atoms with van der Waals surface area (Å²) in [4.78, 5) is 12.0. The lowest BCUT2D eigenvalue weighted by molar-refractivity contribution is -0.130. The molecule has 0 radical (unpaired) electrons. The molecule has 1 saturated heterocycles. The summed E-state index contributed by atoms with van der Waals surface area (Å²) in [6.45, 7) is 4.14. The van der Waals surface area contributed by atoms with Crippen molar-refractivity contribution < 1.29 is 9.53 Å². The first-order valence-electron chi connectivity index (χ1n) is 6.22. The number of carbonyl (C=O) groups excluding carboxylic acids is 1. The van der Waals surface area contributed by atoms with E-state index in [4.69, 9.17) is 10.5 Å². The lowest BCUT2D eigenvalue weighted by Gasteiger charge is -2.25. The Kier molecular flexibility index (Phi) is 3.98. The summed E-state index contributed by atoms with van der Waals surface area (Å²) < 4.78 is 7.10. The van der Waals surface area contributed by atoms with Gasteiger partial charge in [0.15, 0.2) is 0 Å². The highest BCUT2D eigenvalue weighted by molar-refractivity contribution is 5.83. The molecule has 6 heteroatoms. The predicted molar refractivity (Wildman–Crippen MR) is 66.8 cm³/mol. The Hall–Kier alpha value is -1.40. The number of hydrogen-bond acceptors (Lipinski definition) is 4. The highest BCUT2D eigenvalue weighted by atomic mass is 16.5. The second-order valence-corrected chi connectivity index (χ2v) is 4.92. The summed E-state index contributed by atoms with van der Waals surface area (Å²) in [5.41, 5.74) is 5.30. The zero-order valence-corrected chi connectivity index (χ0v) is 10.6. The van der Waals surface area contributed by atoms with Gasteiger partial charge in [0, 0.05) is 31.5 Å². The Bertz CT molecular complexity index is 393. The molecular weight excluding hydrogens is 232 g/mol. The molecule has 0 bridgehead atoms. The molecule has 0 aliphatic carbocycles. The van der Waals surface area contributed by atoms with Crippen LogP contribution in [0.3, 0.4) is 0 Å². The largest absolute Gasteiger partial charge is 0.379 e. The van der Waals surface area contributed by atoms with Gasteiger partial charge < -0.3 is 15.8 Å². The van der Waals surface area contributed by atoms with E-state index >= 15 is 0 Å². The third-order valence-electron chi connectivity index (χ3n) is 3.45. The first-order valence-corrected chi connectivity index (χ1v) is 6.22. The number of rotatable bonds is 5. The van der Waals surface area contributed by atoms with Gasteiger partial charge in [0.25, 0.3) is 0 Å². The van der Waals surface area contributed by atoms with Crippen molar-refractivity contribution in [2.45, 2.75) is 25.9 Å². The van der Waals surface area contributed by atoms with E-state index in [2.05, 4.69) is 10.4 Å². The van der Waals surface area contributed by atoms with Gasteiger partial charge in [-0.1, -0.05) is 0 Å². The van der Waals surface area contributed by atoms with Crippen molar-refractivity contribution in [1.29, 1.82) is 0 Å². The number of aryl methyl sites for hydroxylation is 1. The topological polar surface area (TPSA) is 82.2 Å². The van der Waals surface area contributed by atoms with Gasteiger partial charge in [-0.3, -0.25) is 9.48 Å². The van der Waals surface area contributed by atoms with Crippen LogP contribution >= 0.6 is 0 Å². The van der Waals surface area contributed by atoms with Crippen LogP contribution in [0.5, 0.6) is 0 Å². The average Bonchev–Trinajstić information content (AvgIpc) is 2.97. The van der Waals surface area contributed by atoms with Crippen LogP contribution in [-0.2, 0) is 16.1 Å². The zero-order chi connectivity index (χ0) is 13.0. The number of amides is 1. The van der Waals surface area contributed by atoms with E-state index in [1.165, 1.54) is 0 Å². The molecule has 1 aliphatic heterocycles. The number of nitrogens with one attached hydrogen (secondary N) is 1. The third kappa shape index (κ3) is 2.70. The van der Waals surface area contributed by atoms with Crippen molar-refractivity contribution in [2.24, 2.45) is 11.1 Å². The Morgan fingerprint density at radius 2 is 2.56 bits per heavy atom. The van der Waals surface area contributed by atoms with E-state index in [1.54, 1.807) is 6.20 Å². The number of carbonyl (C=O) groups is 1. The van der Waals surface area contributed by atoms with E-state index < -0.39 is 5.41 Å². The number of ether oxygens (including phenoxy) is 1. The number of hydrogen-bond donors (Lipinski definition) is 2. The van der Waals surface area contributed by atoms with Crippen molar-refractivity contribution in [3.63, 3.8) is 0 Å². The van der Waals surface area contributed by atoms with E-state index in [9.17, 15) is 4.79 Å². The summed E-state index contributed by atoms with van der Waals surface area (Å²) in [6, 6.07) is 1.66. The van der Waals surface area contributed by atoms with Crippen molar-refractivity contribution in [2.75, 3.05) is 19.8 Å². The Balaban J connectivity index is 1.72. The van der Waals surface area contributed by atoms with Gasteiger partial charge in [-0.25, -0.2) is 0 Å². The Morgan fingerprint density at radius 1 is 1.72 bits per heavy atom. The molecular formula is C12H20N4O2. The van der Waals surface area contributed by atoms with Gasteiger partial charge in [0.1, 0.15) is 0 Å². The van der Waals surface area contributed by atoms with Gasteiger partial charge >= 0.3 is 0 Å². The molecule has 0 saturated carbocycles. The maximum Gasteiger partial charge on any atom is 0.229 e. The third-order valence-corrected chi connectivity index (χ3v) is 3.45. The molecule has 6 nitrogen and oxygen atoms in total. The van der Waals surface area contributed by atoms with Gasteiger partial charge in [-0.05, 0) is 19.4 Å². The van der Waals surface area contributed by atoms with Crippen LogP contribution in [0.15, 0.2) is 18.5 Å². The minimum absolute atomic E-state index is 0.0204. The first-order chi connectivity index (χ1) is 8.63. The van der Waals surface area contributed by atoms with Crippen LogP contribution < -0.4 is 11.1 Å². The summed E-state index contributed by atoms with van der Waals surface area (Å²) in [7, 11) is 0. The SMILES string of the molecule is CC1(C(=O)NCCCn2cccn2)COCC1N. The monoisotopic (exact) mass is 252 g/mol. The molecule has 18 heavy (non-hydrogen) atoms. The van der Waals surface area contributed by atoms with Crippen molar-refractivity contribution in [3.8, 4) is 0 Å². The predicted octanol–water partition coefficient (Wildman–Crippen LogP) is -0.247. The molecule has 0 spiro atoms. The number of aromatic nitrogens is 2. The fourth-order valence-electron chi connectivity index (χ4n) is 2.00. The fraction of sp³-hybridized carbons (Fsp3) is 0.667. The molecule has 2 heterocycles. The van der Waals surface area contributed by atoms with Crippen molar-refractivity contribution in [1.82, 2.24) is 15.1 Å². The maximum atomic E-state index is 12.0. The van der Waals surface area contributed by atoms with E-state index in [1.807, 2.05) is 23.9 Å². The lowest BCUT2D eigenvalue weighted by Crippen LogP contribution is -2.50. The standard InChI is InChI=1S/C12H20N4O2/c1-12(9-18-8-10(12)13)11(17)14-4-2-6-16-7-3-5-15-16/h3,5,7,10H,2,4,6,8-9,13H2,1H3,(H,14,17). The molecule has 2 rings (SSSR count). The summed E-state index contributed by atoms with van der Waals surface area (Å²) in [5, 5.41) is 7.02. The van der Waals surface area contributed by atoms with E-state index in [-0.39, 0.29) is 11.9 Å². The fourth-order valence-corrected chi connectivity index (χ4v) is 2.00. The van der Waals surface area contributed by atoms with Crippen LogP contribution in [0.4, 0.5) is 0 Å². The molecule has 2 unspecified atom stereocenters. The molecule has 100 valence electrons. The molecule has 1 aromatic heterocycles. The zero-order valence-electron chi connectivity index (χ0n) is 10.6.